The maximum absolute atomic E-state index is 12.9. The van der Waals surface area contributed by atoms with E-state index in [4.69, 9.17) is 4.18 Å². The van der Waals surface area contributed by atoms with E-state index in [0.717, 1.165) is 49.0 Å². The second-order valence-electron chi connectivity index (χ2n) is 11.3. The van der Waals surface area contributed by atoms with Crippen LogP contribution in [-0.2, 0) is 14.3 Å². The van der Waals surface area contributed by atoms with Crippen LogP contribution in [0.3, 0.4) is 0 Å². The smallest absolute Gasteiger partial charge is 0.263 e. The number of aryl methyl sites for hydroxylation is 1. The first-order valence-corrected chi connectivity index (χ1v) is 13.9. The zero-order valence-corrected chi connectivity index (χ0v) is 20.9. The minimum absolute atomic E-state index is 0.205. The molecular formula is C28H38O3S. The molecule has 0 aromatic heterocycles. The van der Waals surface area contributed by atoms with E-state index in [9.17, 15) is 8.42 Å². The molecule has 4 aliphatic rings. The Hall–Kier alpha value is -1.39. The maximum Gasteiger partial charge on any atom is 0.297 e. The van der Waals surface area contributed by atoms with Crippen molar-refractivity contribution >= 4 is 10.1 Å². The Bertz CT molecular complexity index is 1050. The summed E-state index contributed by atoms with van der Waals surface area (Å²) < 4.78 is 31.5. The third-order valence-corrected chi connectivity index (χ3v) is 11.2. The first-order valence-electron chi connectivity index (χ1n) is 12.5. The molecule has 0 unspecified atom stereocenters. The molecule has 3 nitrogen and oxygen atoms in total. The topological polar surface area (TPSA) is 43.4 Å². The highest BCUT2D eigenvalue weighted by atomic mass is 32.2. The summed E-state index contributed by atoms with van der Waals surface area (Å²) in [7, 11) is -3.72. The Balaban J connectivity index is 1.34. The van der Waals surface area contributed by atoms with Gasteiger partial charge in [0.05, 0.1) is 11.0 Å². The zero-order valence-electron chi connectivity index (χ0n) is 20.1. The fourth-order valence-electron chi connectivity index (χ4n) is 7.97. The standard InChI is InChI=1S/C28H38O3S/c1-5-20-9-13-25-24-12-8-21-18-22(31-32(29,30)23-10-6-19(2)7-11-23)14-16-28(21,4)26(24)15-17-27(20,25)3/h5-8,10-11,22,24-26H,9,12-18H2,1-4H3/b20-5-/t22-,24-,25-,26-,27+,28-/m0/s1. The van der Waals surface area contributed by atoms with E-state index in [1.807, 2.05) is 19.1 Å². The van der Waals surface area contributed by atoms with Gasteiger partial charge in [-0.05, 0) is 106 Å². The molecule has 0 saturated heterocycles. The van der Waals surface area contributed by atoms with Crippen LogP contribution >= 0.6 is 0 Å². The van der Waals surface area contributed by atoms with E-state index >= 15 is 0 Å². The lowest BCUT2D eigenvalue weighted by Crippen LogP contribution is -2.49. The van der Waals surface area contributed by atoms with E-state index in [2.05, 4.69) is 32.9 Å². The summed E-state index contributed by atoms with van der Waals surface area (Å²) in [5, 5.41) is 0. The highest BCUT2D eigenvalue weighted by Crippen LogP contribution is 2.66. The van der Waals surface area contributed by atoms with Crippen LogP contribution in [0.15, 0.2) is 52.5 Å². The van der Waals surface area contributed by atoms with Gasteiger partial charge in [0, 0.05) is 0 Å². The summed E-state index contributed by atoms with van der Waals surface area (Å²) in [6.07, 6.45) is 13.6. The van der Waals surface area contributed by atoms with Crippen LogP contribution in [0.4, 0.5) is 0 Å². The van der Waals surface area contributed by atoms with Gasteiger partial charge in [-0.2, -0.15) is 8.42 Å². The Labute approximate surface area is 194 Å². The number of hydrogen-bond donors (Lipinski definition) is 0. The van der Waals surface area contributed by atoms with Gasteiger partial charge in [-0.1, -0.05) is 54.8 Å². The minimum atomic E-state index is -3.72. The molecule has 4 heteroatoms. The Morgan fingerprint density at radius 2 is 1.69 bits per heavy atom. The van der Waals surface area contributed by atoms with Crippen LogP contribution < -0.4 is 0 Å². The number of benzene rings is 1. The second kappa shape index (κ2) is 7.84. The molecule has 174 valence electrons. The molecule has 32 heavy (non-hydrogen) atoms. The van der Waals surface area contributed by atoms with Gasteiger partial charge >= 0.3 is 0 Å². The first kappa shape index (κ1) is 22.4. The van der Waals surface area contributed by atoms with Gasteiger partial charge in [0.15, 0.2) is 0 Å². The van der Waals surface area contributed by atoms with Crippen molar-refractivity contribution in [3.63, 3.8) is 0 Å². The van der Waals surface area contributed by atoms with E-state index in [0.29, 0.717) is 5.41 Å². The van der Waals surface area contributed by atoms with Gasteiger partial charge in [-0.3, -0.25) is 4.18 Å². The maximum atomic E-state index is 12.9. The molecule has 1 aromatic carbocycles. The Morgan fingerprint density at radius 3 is 2.41 bits per heavy atom. The van der Waals surface area contributed by atoms with Crippen LogP contribution in [-0.4, -0.2) is 14.5 Å². The average molecular weight is 455 g/mol. The fraction of sp³-hybridized carbons (Fsp3) is 0.643. The largest absolute Gasteiger partial charge is 0.297 e. The molecule has 0 spiro atoms. The van der Waals surface area contributed by atoms with Crippen LogP contribution in [0.2, 0.25) is 0 Å². The fourth-order valence-corrected chi connectivity index (χ4v) is 9.07. The van der Waals surface area contributed by atoms with Crippen molar-refractivity contribution in [2.45, 2.75) is 90.1 Å². The third kappa shape index (κ3) is 3.44. The van der Waals surface area contributed by atoms with E-state index < -0.39 is 10.1 Å². The van der Waals surface area contributed by atoms with Crippen molar-refractivity contribution in [3.8, 4) is 0 Å². The van der Waals surface area contributed by atoms with Gasteiger partial charge in [0.1, 0.15) is 0 Å². The van der Waals surface area contributed by atoms with Gasteiger partial charge in [0.25, 0.3) is 10.1 Å². The lowest BCUT2D eigenvalue weighted by Gasteiger charge is -2.57. The summed E-state index contributed by atoms with van der Waals surface area (Å²) >= 11 is 0. The molecule has 0 N–H and O–H groups in total. The van der Waals surface area contributed by atoms with Crippen LogP contribution in [0.25, 0.3) is 0 Å². The lowest BCUT2D eigenvalue weighted by molar-refractivity contribution is -0.0237. The van der Waals surface area contributed by atoms with Crippen LogP contribution in [0.5, 0.6) is 0 Å². The van der Waals surface area contributed by atoms with Crippen molar-refractivity contribution in [2.24, 2.45) is 28.6 Å². The first-order chi connectivity index (χ1) is 15.2. The molecule has 0 radical (unpaired) electrons. The molecule has 0 aliphatic heterocycles. The molecule has 0 bridgehead atoms. The predicted molar refractivity (Wildman–Crippen MR) is 129 cm³/mol. The average Bonchev–Trinajstić information content (AvgIpc) is 3.10. The summed E-state index contributed by atoms with van der Waals surface area (Å²) in [6, 6.07) is 6.97. The molecular weight excluding hydrogens is 416 g/mol. The number of rotatable bonds is 3. The number of allylic oxidation sites excluding steroid dienone is 3. The van der Waals surface area contributed by atoms with Gasteiger partial charge in [0.2, 0.25) is 0 Å². The molecule has 3 saturated carbocycles. The van der Waals surface area contributed by atoms with E-state index in [-0.39, 0.29) is 16.4 Å². The molecule has 5 rings (SSSR count). The normalized spacial score (nSPS) is 40.4. The SMILES string of the molecule is C/C=C1/CC[C@H]2[C@@H]3CC=C4C[C@@H](OS(=O)(=O)c5ccc(C)cc5)CC[C@]4(C)[C@H]3CC[C@]12C. The Kier molecular flexibility index (Phi) is 5.49. The zero-order chi connectivity index (χ0) is 22.7. The van der Waals surface area contributed by atoms with Crippen molar-refractivity contribution in [1.82, 2.24) is 0 Å². The minimum Gasteiger partial charge on any atom is -0.263 e. The van der Waals surface area contributed by atoms with Gasteiger partial charge in [-0.25, -0.2) is 0 Å². The summed E-state index contributed by atoms with van der Waals surface area (Å²) in [5.41, 5.74) is 4.81. The Morgan fingerprint density at radius 1 is 1.00 bits per heavy atom. The van der Waals surface area contributed by atoms with E-state index in [1.165, 1.54) is 31.3 Å². The molecule has 4 aliphatic carbocycles. The molecule has 0 amide bonds. The summed E-state index contributed by atoms with van der Waals surface area (Å²) in [6.45, 7) is 9.18. The monoisotopic (exact) mass is 454 g/mol. The van der Waals surface area contributed by atoms with Crippen molar-refractivity contribution in [3.05, 3.63) is 53.1 Å². The molecule has 1 aromatic rings. The highest BCUT2D eigenvalue weighted by molar-refractivity contribution is 7.86. The molecule has 3 fully saturated rings. The summed E-state index contributed by atoms with van der Waals surface area (Å²) in [4.78, 5) is 0.265. The predicted octanol–water partition coefficient (Wildman–Crippen LogP) is 6.98. The van der Waals surface area contributed by atoms with Crippen LogP contribution in [0, 0.1) is 35.5 Å². The van der Waals surface area contributed by atoms with Gasteiger partial charge < -0.3 is 0 Å². The van der Waals surface area contributed by atoms with Crippen molar-refractivity contribution in [2.75, 3.05) is 0 Å². The number of hydrogen-bond acceptors (Lipinski definition) is 3. The number of fused-ring (bicyclic) bond motifs is 5. The van der Waals surface area contributed by atoms with Crippen LogP contribution in [0.1, 0.15) is 77.7 Å². The lowest BCUT2D eigenvalue weighted by atomic mass is 9.48. The molecule has 0 heterocycles. The summed E-state index contributed by atoms with van der Waals surface area (Å²) in [5.74, 6) is 2.30. The molecule has 6 atom stereocenters. The third-order valence-electron chi connectivity index (χ3n) is 9.83. The quantitative estimate of drug-likeness (QED) is 0.365. The van der Waals surface area contributed by atoms with Crippen molar-refractivity contribution < 1.29 is 12.6 Å². The highest BCUT2D eigenvalue weighted by Gasteiger charge is 2.57. The van der Waals surface area contributed by atoms with E-state index in [1.54, 1.807) is 17.7 Å². The van der Waals surface area contributed by atoms with Crippen molar-refractivity contribution in [1.29, 1.82) is 0 Å². The second-order valence-corrected chi connectivity index (χ2v) is 12.9. The van der Waals surface area contributed by atoms with Gasteiger partial charge in [-0.15, -0.1) is 0 Å².